The Hall–Kier alpha value is -3.48. The van der Waals surface area contributed by atoms with E-state index in [2.05, 4.69) is 0 Å². The van der Waals surface area contributed by atoms with E-state index in [4.69, 9.17) is 4.74 Å². The van der Waals surface area contributed by atoms with Crippen molar-refractivity contribution in [1.29, 1.82) is 0 Å². The highest BCUT2D eigenvalue weighted by Gasteiger charge is 2.41. The minimum absolute atomic E-state index is 0.0942. The molecule has 0 saturated heterocycles. The number of hydrogen-bond donors (Lipinski definition) is 0. The van der Waals surface area contributed by atoms with E-state index in [0.29, 0.717) is 6.54 Å². The van der Waals surface area contributed by atoms with Crippen LogP contribution in [0.3, 0.4) is 0 Å². The lowest BCUT2D eigenvalue weighted by atomic mass is 10.1. The molecule has 0 aliphatic carbocycles. The molecule has 0 saturated carbocycles. The molecule has 0 aromatic heterocycles. The van der Waals surface area contributed by atoms with Crippen molar-refractivity contribution in [2.45, 2.75) is 46.3 Å². The van der Waals surface area contributed by atoms with Crippen LogP contribution in [-0.4, -0.2) is 52.2 Å². The van der Waals surface area contributed by atoms with E-state index in [1.54, 1.807) is 23.1 Å². The minimum Gasteiger partial charge on any atom is -0.454 e. The van der Waals surface area contributed by atoms with Gasteiger partial charge in [0.1, 0.15) is 6.04 Å². The first-order chi connectivity index (χ1) is 14.7. The highest BCUT2D eigenvalue weighted by atomic mass is 16.5. The van der Waals surface area contributed by atoms with Crippen molar-refractivity contribution in [2.24, 2.45) is 0 Å². The lowest BCUT2D eigenvalue weighted by Gasteiger charge is -2.27. The zero-order chi connectivity index (χ0) is 22.7. The molecular formula is C24H26N2O5. The summed E-state index contributed by atoms with van der Waals surface area (Å²) in [5.74, 6) is -2.23. The zero-order valence-electron chi connectivity index (χ0n) is 18.1. The summed E-state index contributed by atoms with van der Waals surface area (Å²) in [6.45, 7) is 6.93. The second-order valence-electron chi connectivity index (χ2n) is 7.91. The first-order valence-electron chi connectivity index (χ1n) is 10.2. The summed E-state index contributed by atoms with van der Waals surface area (Å²) in [5.41, 5.74) is 2.34. The molecule has 0 spiro atoms. The van der Waals surface area contributed by atoms with Crippen molar-refractivity contribution in [1.82, 2.24) is 9.80 Å². The maximum Gasteiger partial charge on any atom is 0.329 e. The number of nitrogens with zero attached hydrogens (tertiary/aromatic N) is 2. The number of imide groups is 1. The smallest absolute Gasteiger partial charge is 0.329 e. The van der Waals surface area contributed by atoms with E-state index in [-0.39, 0.29) is 23.1 Å². The predicted octanol–water partition coefficient (Wildman–Crippen LogP) is 2.96. The normalized spacial score (nSPS) is 13.9. The fourth-order valence-corrected chi connectivity index (χ4v) is 3.51. The lowest BCUT2D eigenvalue weighted by Crippen LogP contribution is -2.45. The van der Waals surface area contributed by atoms with Crippen LogP contribution in [0.2, 0.25) is 0 Å². The number of esters is 1. The molecule has 0 radical (unpaired) electrons. The van der Waals surface area contributed by atoms with Gasteiger partial charge in [-0.1, -0.05) is 42.0 Å². The van der Waals surface area contributed by atoms with Gasteiger partial charge in [0.05, 0.1) is 11.1 Å². The number of carbonyl (C=O) groups excluding carboxylic acids is 4. The highest BCUT2D eigenvalue weighted by molar-refractivity contribution is 6.22. The Bertz CT molecular complexity index is 1020. The van der Waals surface area contributed by atoms with E-state index in [1.165, 1.54) is 6.92 Å². The molecular weight excluding hydrogens is 396 g/mol. The van der Waals surface area contributed by atoms with Crippen LogP contribution in [0.4, 0.5) is 0 Å². The first kappa shape index (κ1) is 22.2. The standard InChI is InChI=1S/C24H26N2O5/c1-15(2)25(13-18-8-6-5-7-9-18)21(27)14-31-24(30)17(4)26-22(28)19-11-10-16(3)12-20(19)23(26)29/h5-12,15,17H,13-14H2,1-4H3. The van der Waals surface area contributed by atoms with Gasteiger partial charge in [-0.2, -0.15) is 0 Å². The molecule has 0 N–H and O–H groups in total. The molecule has 3 rings (SSSR count). The second kappa shape index (κ2) is 9.12. The number of rotatable bonds is 7. The third-order valence-corrected chi connectivity index (χ3v) is 5.28. The summed E-state index contributed by atoms with van der Waals surface area (Å²) >= 11 is 0. The van der Waals surface area contributed by atoms with Crippen LogP contribution in [-0.2, 0) is 20.9 Å². The molecule has 7 heteroatoms. The second-order valence-corrected chi connectivity index (χ2v) is 7.91. The van der Waals surface area contributed by atoms with E-state index < -0.39 is 30.4 Å². The summed E-state index contributed by atoms with van der Waals surface area (Å²) in [5, 5.41) is 0. The third kappa shape index (κ3) is 4.66. The molecule has 1 unspecified atom stereocenters. The van der Waals surface area contributed by atoms with E-state index in [9.17, 15) is 19.2 Å². The Morgan fingerprint density at radius 1 is 0.968 bits per heavy atom. The molecule has 7 nitrogen and oxygen atoms in total. The van der Waals surface area contributed by atoms with Gasteiger partial charge in [-0.05, 0) is 45.4 Å². The third-order valence-electron chi connectivity index (χ3n) is 5.28. The molecule has 1 aliphatic heterocycles. The number of ether oxygens (including phenoxy) is 1. The van der Waals surface area contributed by atoms with Crippen molar-refractivity contribution in [3.8, 4) is 0 Å². The fourth-order valence-electron chi connectivity index (χ4n) is 3.51. The topological polar surface area (TPSA) is 84.0 Å². The Morgan fingerprint density at radius 3 is 2.26 bits per heavy atom. The fraction of sp³-hybridized carbons (Fsp3) is 0.333. The largest absolute Gasteiger partial charge is 0.454 e. The van der Waals surface area contributed by atoms with Crippen LogP contribution in [0.15, 0.2) is 48.5 Å². The molecule has 0 fully saturated rings. The average molecular weight is 422 g/mol. The summed E-state index contributed by atoms with van der Waals surface area (Å²) in [4.78, 5) is 53.0. The Labute approximate surface area is 181 Å². The Kier molecular flexibility index (Phi) is 6.53. The molecule has 0 bridgehead atoms. The van der Waals surface area contributed by atoms with Gasteiger partial charge in [0.25, 0.3) is 17.7 Å². The maximum atomic E-state index is 12.7. The van der Waals surface area contributed by atoms with Crippen LogP contribution >= 0.6 is 0 Å². The number of amides is 3. The molecule has 162 valence electrons. The van der Waals surface area contributed by atoms with Crippen LogP contribution in [0.1, 0.15) is 52.6 Å². The quantitative estimate of drug-likeness (QED) is 0.506. The Morgan fingerprint density at radius 2 is 1.61 bits per heavy atom. The van der Waals surface area contributed by atoms with Crippen molar-refractivity contribution < 1.29 is 23.9 Å². The van der Waals surface area contributed by atoms with Gasteiger partial charge in [0.15, 0.2) is 6.61 Å². The van der Waals surface area contributed by atoms with Gasteiger partial charge in [-0.15, -0.1) is 0 Å². The minimum atomic E-state index is -1.14. The van der Waals surface area contributed by atoms with E-state index >= 15 is 0 Å². The van der Waals surface area contributed by atoms with Gasteiger partial charge in [0, 0.05) is 12.6 Å². The van der Waals surface area contributed by atoms with Crippen molar-refractivity contribution in [3.63, 3.8) is 0 Å². The van der Waals surface area contributed by atoms with Gasteiger partial charge in [-0.3, -0.25) is 19.3 Å². The average Bonchev–Trinajstić information content (AvgIpc) is 2.99. The van der Waals surface area contributed by atoms with Gasteiger partial charge < -0.3 is 9.64 Å². The molecule has 1 atom stereocenters. The van der Waals surface area contributed by atoms with Crippen LogP contribution < -0.4 is 0 Å². The van der Waals surface area contributed by atoms with Gasteiger partial charge in [0.2, 0.25) is 0 Å². The first-order valence-corrected chi connectivity index (χ1v) is 10.2. The molecule has 2 aromatic rings. The number of benzene rings is 2. The van der Waals surface area contributed by atoms with Crippen LogP contribution in [0.5, 0.6) is 0 Å². The molecule has 3 amide bonds. The van der Waals surface area contributed by atoms with Gasteiger partial charge >= 0.3 is 5.97 Å². The number of hydrogen-bond acceptors (Lipinski definition) is 5. The Balaban J connectivity index is 1.64. The van der Waals surface area contributed by atoms with Crippen molar-refractivity contribution in [3.05, 3.63) is 70.8 Å². The molecule has 31 heavy (non-hydrogen) atoms. The summed E-state index contributed by atoms with van der Waals surface area (Å²) in [7, 11) is 0. The van der Waals surface area contributed by atoms with E-state index in [0.717, 1.165) is 16.0 Å². The number of aryl methyl sites for hydroxylation is 1. The zero-order valence-corrected chi connectivity index (χ0v) is 18.1. The van der Waals surface area contributed by atoms with E-state index in [1.807, 2.05) is 51.1 Å². The van der Waals surface area contributed by atoms with Gasteiger partial charge in [-0.25, -0.2) is 4.79 Å². The lowest BCUT2D eigenvalue weighted by molar-refractivity contribution is -0.155. The highest BCUT2D eigenvalue weighted by Crippen LogP contribution is 2.26. The summed E-state index contributed by atoms with van der Waals surface area (Å²) in [6.07, 6.45) is 0. The molecule has 1 heterocycles. The summed E-state index contributed by atoms with van der Waals surface area (Å²) < 4.78 is 5.19. The van der Waals surface area contributed by atoms with Crippen molar-refractivity contribution >= 4 is 23.7 Å². The molecule has 1 aliphatic rings. The van der Waals surface area contributed by atoms with Crippen LogP contribution in [0, 0.1) is 6.92 Å². The van der Waals surface area contributed by atoms with Crippen molar-refractivity contribution in [2.75, 3.05) is 6.61 Å². The maximum absolute atomic E-state index is 12.7. The predicted molar refractivity (Wildman–Crippen MR) is 114 cm³/mol. The van der Waals surface area contributed by atoms with Crippen LogP contribution in [0.25, 0.3) is 0 Å². The monoisotopic (exact) mass is 422 g/mol. The number of carbonyl (C=O) groups is 4. The summed E-state index contributed by atoms with van der Waals surface area (Å²) in [6, 6.07) is 13.2. The number of fused-ring (bicyclic) bond motifs is 1. The molecule has 2 aromatic carbocycles. The SMILES string of the molecule is Cc1ccc2c(c1)C(=O)N(C(C)C(=O)OCC(=O)N(Cc1ccccc1)C(C)C)C2=O.